The zero-order valence-corrected chi connectivity index (χ0v) is 15.4. The molecule has 0 aliphatic carbocycles. The van der Waals surface area contributed by atoms with Crippen molar-refractivity contribution in [2.45, 2.75) is 32.6 Å². The Morgan fingerprint density at radius 3 is 2.48 bits per heavy atom. The maximum atomic E-state index is 12.8. The quantitative estimate of drug-likeness (QED) is 0.636. The monoisotopic (exact) mass is 368 g/mol. The van der Waals surface area contributed by atoms with Crippen LogP contribution < -0.4 is 0 Å². The van der Waals surface area contributed by atoms with Crippen LogP contribution in [0.1, 0.15) is 40.7 Å². The van der Waals surface area contributed by atoms with Gasteiger partial charge in [0.25, 0.3) is 11.6 Å². The lowest BCUT2D eigenvalue weighted by Gasteiger charge is -2.32. The van der Waals surface area contributed by atoms with Crippen LogP contribution in [0.3, 0.4) is 0 Å². The number of phenols is 1. The fourth-order valence-electron chi connectivity index (χ4n) is 3.68. The van der Waals surface area contributed by atoms with Gasteiger partial charge in [0.1, 0.15) is 5.75 Å². The molecule has 0 saturated carbocycles. The van der Waals surface area contributed by atoms with Crippen molar-refractivity contribution >= 4 is 11.6 Å². The van der Waals surface area contributed by atoms with Gasteiger partial charge >= 0.3 is 0 Å². The number of piperidine rings is 1. The molecule has 0 radical (unpaired) electrons. The fourth-order valence-corrected chi connectivity index (χ4v) is 3.68. The molecule has 1 saturated heterocycles. The highest BCUT2D eigenvalue weighted by molar-refractivity contribution is 5.96. The molecule has 142 valence electrons. The molecule has 6 heteroatoms. The van der Waals surface area contributed by atoms with E-state index in [1.54, 1.807) is 31.2 Å². The molecule has 2 aromatic carbocycles. The molecule has 0 atom stereocenters. The number of phenolic OH excluding ortho intramolecular Hbond substituents is 1. The van der Waals surface area contributed by atoms with E-state index in [1.807, 2.05) is 17.0 Å². The number of nitro groups is 1. The van der Waals surface area contributed by atoms with E-state index in [-0.39, 0.29) is 17.3 Å². The van der Waals surface area contributed by atoms with E-state index in [9.17, 15) is 20.0 Å². The van der Waals surface area contributed by atoms with Crippen LogP contribution in [0.2, 0.25) is 0 Å². The number of nitrogens with zero attached hydrogens (tertiary/aromatic N) is 2. The lowest BCUT2D eigenvalue weighted by molar-refractivity contribution is -0.385. The van der Waals surface area contributed by atoms with E-state index in [1.165, 1.54) is 11.6 Å². The van der Waals surface area contributed by atoms with E-state index in [4.69, 9.17) is 0 Å². The Morgan fingerprint density at radius 2 is 1.85 bits per heavy atom. The predicted molar refractivity (Wildman–Crippen MR) is 103 cm³/mol. The van der Waals surface area contributed by atoms with Gasteiger partial charge < -0.3 is 10.0 Å². The summed E-state index contributed by atoms with van der Waals surface area (Å²) in [5.74, 6) is 0.726. The second kappa shape index (κ2) is 8.20. The van der Waals surface area contributed by atoms with Gasteiger partial charge in [-0.05, 0) is 62.3 Å². The number of likely N-dealkylation sites (tertiary alicyclic amines) is 1. The number of rotatable bonds is 5. The average molecular weight is 368 g/mol. The molecule has 3 rings (SSSR count). The highest BCUT2D eigenvalue weighted by Crippen LogP contribution is 2.26. The van der Waals surface area contributed by atoms with E-state index in [0.717, 1.165) is 25.7 Å². The first kappa shape index (κ1) is 18.9. The molecule has 1 heterocycles. The first-order valence-corrected chi connectivity index (χ1v) is 9.27. The Labute approximate surface area is 158 Å². The van der Waals surface area contributed by atoms with Crippen molar-refractivity contribution in [2.75, 3.05) is 13.1 Å². The molecule has 0 unspecified atom stereocenters. The van der Waals surface area contributed by atoms with Crippen molar-refractivity contribution in [3.8, 4) is 5.75 Å². The van der Waals surface area contributed by atoms with Crippen molar-refractivity contribution in [2.24, 2.45) is 5.92 Å². The highest BCUT2D eigenvalue weighted by Gasteiger charge is 2.26. The van der Waals surface area contributed by atoms with Crippen LogP contribution in [0.4, 0.5) is 5.69 Å². The summed E-state index contributed by atoms with van der Waals surface area (Å²) in [7, 11) is 0. The summed E-state index contributed by atoms with van der Waals surface area (Å²) in [6.07, 6.45) is 3.90. The highest BCUT2D eigenvalue weighted by atomic mass is 16.6. The van der Waals surface area contributed by atoms with Gasteiger partial charge in [-0.1, -0.05) is 18.2 Å². The Bertz CT molecular complexity index is 825. The number of carbonyl (C=O) groups is 1. The lowest BCUT2D eigenvalue weighted by atomic mass is 9.90. The van der Waals surface area contributed by atoms with Crippen LogP contribution in [0.15, 0.2) is 42.5 Å². The van der Waals surface area contributed by atoms with Gasteiger partial charge in [0.05, 0.1) is 4.92 Å². The molecule has 0 aromatic heterocycles. The van der Waals surface area contributed by atoms with Crippen LogP contribution in [-0.2, 0) is 6.42 Å². The predicted octanol–water partition coefficient (Wildman–Crippen LogP) is 4.09. The average Bonchev–Trinajstić information content (AvgIpc) is 2.67. The summed E-state index contributed by atoms with van der Waals surface area (Å²) in [6.45, 7) is 3.00. The first-order valence-electron chi connectivity index (χ1n) is 9.27. The molecule has 6 nitrogen and oxygen atoms in total. The van der Waals surface area contributed by atoms with Gasteiger partial charge in [0.2, 0.25) is 0 Å². The Kier molecular flexibility index (Phi) is 5.74. The summed E-state index contributed by atoms with van der Waals surface area (Å²) in [5, 5.41) is 20.4. The third-order valence-corrected chi connectivity index (χ3v) is 5.41. The molecule has 2 aromatic rings. The lowest BCUT2D eigenvalue weighted by Crippen LogP contribution is -2.38. The topological polar surface area (TPSA) is 83.7 Å². The third-order valence-electron chi connectivity index (χ3n) is 5.41. The van der Waals surface area contributed by atoms with Gasteiger partial charge in [-0.15, -0.1) is 0 Å². The maximum absolute atomic E-state index is 12.8. The Morgan fingerprint density at radius 1 is 1.19 bits per heavy atom. The van der Waals surface area contributed by atoms with Gasteiger partial charge in [-0.3, -0.25) is 14.9 Å². The molecule has 27 heavy (non-hydrogen) atoms. The van der Waals surface area contributed by atoms with Crippen molar-refractivity contribution < 1.29 is 14.8 Å². The van der Waals surface area contributed by atoms with Crippen molar-refractivity contribution in [3.05, 3.63) is 69.3 Å². The fraction of sp³-hybridized carbons (Fsp3) is 0.381. The summed E-state index contributed by atoms with van der Waals surface area (Å²) >= 11 is 0. The van der Waals surface area contributed by atoms with Crippen LogP contribution in [0.5, 0.6) is 5.75 Å². The molecular weight excluding hydrogens is 344 g/mol. The minimum Gasteiger partial charge on any atom is -0.508 e. The van der Waals surface area contributed by atoms with E-state index in [2.05, 4.69) is 0 Å². The Balaban J connectivity index is 1.56. The summed E-state index contributed by atoms with van der Waals surface area (Å²) < 4.78 is 0. The van der Waals surface area contributed by atoms with E-state index < -0.39 is 4.92 Å². The molecule has 1 aliphatic heterocycles. The van der Waals surface area contributed by atoms with Crippen molar-refractivity contribution in [3.63, 3.8) is 0 Å². The molecule has 1 amide bonds. The molecular formula is C21H24N2O4. The first-order chi connectivity index (χ1) is 13.0. The number of aromatic hydroxyl groups is 1. The SMILES string of the molecule is Cc1c(C(=O)N2CCC(CCc3ccc(O)cc3)CC2)cccc1[N+](=O)[O-]. The van der Waals surface area contributed by atoms with Crippen LogP contribution >= 0.6 is 0 Å². The number of hydrogen-bond donors (Lipinski definition) is 1. The van der Waals surface area contributed by atoms with E-state index in [0.29, 0.717) is 30.1 Å². The number of hydrogen-bond acceptors (Lipinski definition) is 4. The van der Waals surface area contributed by atoms with Crippen LogP contribution in [0, 0.1) is 23.0 Å². The summed E-state index contributed by atoms with van der Waals surface area (Å²) in [5.41, 5.74) is 2.05. The van der Waals surface area contributed by atoms with Gasteiger partial charge in [-0.2, -0.15) is 0 Å². The number of aryl methyl sites for hydroxylation is 1. The molecule has 0 spiro atoms. The third kappa shape index (κ3) is 4.45. The van der Waals surface area contributed by atoms with Gasteiger partial charge in [-0.25, -0.2) is 0 Å². The smallest absolute Gasteiger partial charge is 0.273 e. The standard InChI is InChI=1S/C21H24N2O4/c1-15-19(3-2-4-20(15)23(26)27)21(25)22-13-11-17(12-14-22)6-5-16-7-9-18(24)10-8-16/h2-4,7-10,17,24H,5-6,11-14H2,1H3. The number of benzene rings is 2. The van der Waals surface area contributed by atoms with Gasteiger partial charge in [0, 0.05) is 30.3 Å². The normalized spacial score (nSPS) is 14.9. The minimum atomic E-state index is -0.443. The van der Waals surface area contributed by atoms with E-state index >= 15 is 0 Å². The summed E-state index contributed by atoms with van der Waals surface area (Å²) in [6, 6.07) is 12.0. The second-order valence-corrected chi connectivity index (χ2v) is 7.15. The Hall–Kier alpha value is -2.89. The number of amides is 1. The molecule has 1 N–H and O–H groups in total. The van der Waals surface area contributed by atoms with Gasteiger partial charge in [0.15, 0.2) is 0 Å². The number of nitro benzene ring substituents is 1. The molecule has 1 fully saturated rings. The van der Waals surface area contributed by atoms with Crippen LogP contribution in [-0.4, -0.2) is 33.9 Å². The maximum Gasteiger partial charge on any atom is 0.273 e. The van der Waals surface area contributed by atoms with Crippen molar-refractivity contribution in [1.82, 2.24) is 4.90 Å². The largest absolute Gasteiger partial charge is 0.508 e. The zero-order valence-electron chi connectivity index (χ0n) is 15.4. The minimum absolute atomic E-state index is 0.00960. The second-order valence-electron chi connectivity index (χ2n) is 7.15. The van der Waals surface area contributed by atoms with Crippen molar-refractivity contribution in [1.29, 1.82) is 0 Å². The molecule has 0 bridgehead atoms. The molecule has 1 aliphatic rings. The zero-order chi connectivity index (χ0) is 19.4. The van der Waals surface area contributed by atoms with Crippen LogP contribution in [0.25, 0.3) is 0 Å². The summed E-state index contributed by atoms with van der Waals surface area (Å²) in [4.78, 5) is 25.2. The number of carbonyl (C=O) groups excluding carboxylic acids is 1.